The van der Waals surface area contributed by atoms with Gasteiger partial charge in [-0.15, -0.1) is 0 Å². The lowest BCUT2D eigenvalue weighted by atomic mass is 9.85. The molecule has 2 aliphatic carbocycles. The lowest BCUT2D eigenvalue weighted by Gasteiger charge is -2.39. The molecule has 1 aliphatic heterocycles. The summed E-state index contributed by atoms with van der Waals surface area (Å²) in [6.45, 7) is 1.91. The van der Waals surface area contributed by atoms with Gasteiger partial charge in [0.15, 0.2) is 0 Å². The van der Waals surface area contributed by atoms with Crippen LogP contribution >= 0.6 is 0 Å². The van der Waals surface area contributed by atoms with Gasteiger partial charge in [0.1, 0.15) is 0 Å². The Labute approximate surface area is 253 Å². The number of amides is 1. The first-order chi connectivity index (χ1) is 20.7. The predicted octanol–water partition coefficient (Wildman–Crippen LogP) is 4.43. The Morgan fingerprint density at radius 2 is 1.74 bits per heavy atom. The molecule has 0 unspecified atom stereocenters. The van der Waals surface area contributed by atoms with Gasteiger partial charge in [-0.2, -0.15) is 0 Å². The van der Waals surface area contributed by atoms with E-state index >= 15 is 0 Å². The molecule has 2 saturated carbocycles. The number of methoxy groups -OCH3 is 1. The molecule has 2 aromatic carbocycles. The number of aryl methyl sites for hydroxylation is 2. The summed E-state index contributed by atoms with van der Waals surface area (Å²) in [5.74, 6) is 0.531. The summed E-state index contributed by atoms with van der Waals surface area (Å²) in [5.41, 5.74) is 3.87. The van der Waals surface area contributed by atoms with Gasteiger partial charge in [0, 0.05) is 48.6 Å². The van der Waals surface area contributed by atoms with Crippen molar-refractivity contribution in [2.45, 2.75) is 68.3 Å². The molecule has 3 aromatic rings. The highest BCUT2D eigenvalue weighted by Gasteiger charge is 2.41. The standard InChI is InChI=1S/C33H41N3O6S/c1-35-29(23-6-3-22(4-7-23)5-16-32(37)41-2)19-26-12-15-28(20-30(26)35)43(39,40)34-27-13-10-25(11-14-27)33(38)36-17-18-42-21-31(36)24-8-9-24/h3-4,6-7,12,15,19-20,24-25,27,31,34H,5,8-11,13-14,16-18,21H2,1-2H3/t25-,27-,31-/m1/s1. The van der Waals surface area contributed by atoms with Crippen LogP contribution in [0, 0.1) is 11.8 Å². The van der Waals surface area contributed by atoms with Crippen molar-refractivity contribution >= 4 is 32.8 Å². The van der Waals surface area contributed by atoms with Crippen LogP contribution in [0.3, 0.4) is 0 Å². The van der Waals surface area contributed by atoms with Gasteiger partial charge in [-0.25, -0.2) is 13.1 Å². The maximum absolute atomic E-state index is 13.4. The van der Waals surface area contributed by atoms with Crippen molar-refractivity contribution in [1.29, 1.82) is 0 Å². The second kappa shape index (κ2) is 12.4. The average Bonchev–Trinajstić information content (AvgIpc) is 3.83. The second-order valence-electron chi connectivity index (χ2n) is 12.3. The summed E-state index contributed by atoms with van der Waals surface area (Å²) in [4.78, 5) is 27.1. The highest BCUT2D eigenvalue weighted by Crippen LogP contribution is 2.38. The Balaban J connectivity index is 1.09. The highest BCUT2D eigenvalue weighted by atomic mass is 32.2. The van der Waals surface area contributed by atoms with Crippen LogP contribution in [0.4, 0.5) is 0 Å². The largest absolute Gasteiger partial charge is 0.469 e. The number of nitrogens with one attached hydrogen (secondary N) is 1. The molecule has 1 N–H and O–H groups in total. The van der Waals surface area contributed by atoms with E-state index in [9.17, 15) is 18.0 Å². The third-order valence-corrected chi connectivity index (χ3v) is 11.0. The van der Waals surface area contributed by atoms with E-state index < -0.39 is 10.0 Å². The number of nitrogens with zero attached hydrogens (tertiary/aromatic N) is 2. The van der Waals surface area contributed by atoms with Crippen molar-refractivity contribution in [3.63, 3.8) is 0 Å². The Hall–Kier alpha value is -3.21. The van der Waals surface area contributed by atoms with E-state index in [1.165, 1.54) is 20.0 Å². The van der Waals surface area contributed by atoms with Gasteiger partial charge < -0.3 is 18.9 Å². The van der Waals surface area contributed by atoms with Crippen LogP contribution < -0.4 is 4.72 Å². The fourth-order valence-corrected chi connectivity index (χ4v) is 8.02. The van der Waals surface area contributed by atoms with Crippen molar-refractivity contribution in [2.75, 3.05) is 26.9 Å². The zero-order valence-electron chi connectivity index (χ0n) is 25.0. The van der Waals surface area contributed by atoms with E-state index in [-0.39, 0.29) is 34.8 Å². The average molecular weight is 608 g/mol. The van der Waals surface area contributed by atoms with Crippen LogP contribution in [0.5, 0.6) is 0 Å². The molecule has 0 radical (unpaired) electrons. The van der Waals surface area contributed by atoms with Crippen LogP contribution in [0.2, 0.25) is 0 Å². The van der Waals surface area contributed by atoms with Gasteiger partial charge in [-0.3, -0.25) is 9.59 Å². The number of carbonyl (C=O) groups excluding carboxylic acids is 2. The quantitative estimate of drug-likeness (QED) is 0.361. The molecule has 0 spiro atoms. The second-order valence-corrected chi connectivity index (χ2v) is 14.0. The number of morpholine rings is 1. The smallest absolute Gasteiger partial charge is 0.305 e. The van der Waals surface area contributed by atoms with E-state index in [0.717, 1.165) is 27.7 Å². The van der Waals surface area contributed by atoms with E-state index in [0.29, 0.717) is 64.2 Å². The third kappa shape index (κ3) is 6.51. The van der Waals surface area contributed by atoms with Crippen LogP contribution in [-0.2, 0) is 42.6 Å². The Bertz CT molecular complexity index is 1590. The molecule has 230 valence electrons. The number of aromatic nitrogens is 1. The van der Waals surface area contributed by atoms with Crippen LogP contribution in [0.25, 0.3) is 22.2 Å². The van der Waals surface area contributed by atoms with Crippen LogP contribution in [-0.4, -0.2) is 68.7 Å². The summed E-state index contributed by atoms with van der Waals surface area (Å²) in [6.07, 6.45) is 6.00. The summed E-state index contributed by atoms with van der Waals surface area (Å²) in [7, 11) is -0.398. The summed E-state index contributed by atoms with van der Waals surface area (Å²) >= 11 is 0. The van der Waals surface area contributed by atoms with Crippen molar-refractivity contribution in [3.05, 3.63) is 54.1 Å². The fourth-order valence-electron chi connectivity index (χ4n) is 6.69. The molecule has 43 heavy (non-hydrogen) atoms. The minimum Gasteiger partial charge on any atom is -0.469 e. The highest BCUT2D eigenvalue weighted by molar-refractivity contribution is 7.89. The number of ether oxygens (including phenoxy) is 2. The lowest BCUT2D eigenvalue weighted by molar-refractivity contribution is -0.146. The third-order valence-electron chi connectivity index (χ3n) is 9.44. The van der Waals surface area contributed by atoms with Gasteiger partial charge in [-0.05, 0) is 80.2 Å². The zero-order chi connectivity index (χ0) is 30.1. The molecule has 6 rings (SSSR count). The SMILES string of the molecule is COC(=O)CCc1ccc(-c2cc3ccc(S(=O)(=O)N[C@H]4CC[C@H](C(=O)N5CCOC[C@@H]5C5CC5)CC4)cc3n2C)cc1. The number of sulfonamides is 1. The number of esters is 1. The zero-order valence-corrected chi connectivity index (χ0v) is 25.8. The molecule has 3 fully saturated rings. The normalized spacial score (nSPS) is 22.9. The Kier molecular flexibility index (Phi) is 8.62. The molecule has 1 aromatic heterocycles. The van der Waals surface area contributed by atoms with E-state index in [4.69, 9.17) is 9.47 Å². The fraction of sp³-hybridized carbons (Fsp3) is 0.515. The maximum atomic E-state index is 13.4. The molecule has 0 bridgehead atoms. The minimum absolute atomic E-state index is 0.0415. The van der Waals surface area contributed by atoms with Gasteiger partial charge in [0.2, 0.25) is 15.9 Å². The van der Waals surface area contributed by atoms with Crippen molar-refractivity contribution < 1.29 is 27.5 Å². The molecule has 3 aliphatic rings. The van der Waals surface area contributed by atoms with Crippen LogP contribution in [0.15, 0.2) is 53.4 Å². The van der Waals surface area contributed by atoms with Gasteiger partial charge in [0.25, 0.3) is 0 Å². The topological polar surface area (TPSA) is 107 Å². The maximum Gasteiger partial charge on any atom is 0.305 e. The first kappa shape index (κ1) is 29.8. The first-order valence-electron chi connectivity index (χ1n) is 15.4. The molecular weight excluding hydrogens is 566 g/mol. The Morgan fingerprint density at radius 1 is 1.00 bits per heavy atom. The van der Waals surface area contributed by atoms with E-state index in [1.807, 2.05) is 41.9 Å². The molecule has 1 amide bonds. The number of rotatable bonds is 9. The lowest BCUT2D eigenvalue weighted by Crippen LogP contribution is -2.52. The number of carbonyl (C=O) groups is 2. The predicted molar refractivity (Wildman–Crippen MR) is 164 cm³/mol. The number of hydrogen-bond acceptors (Lipinski definition) is 6. The molecule has 10 heteroatoms. The van der Waals surface area contributed by atoms with Gasteiger partial charge >= 0.3 is 5.97 Å². The molecule has 1 atom stereocenters. The molecule has 2 heterocycles. The summed E-state index contributed by atoms with van der Waals surface area (Å²) < 4.78 is 42.2. The van der Waals surface area contributed by atoms with Gasteiger partial charge in [-0.1, -0.05) is 30.3 Å². The van der Waals surface area contributed by atoms with Crippen molar-refractivity contribution in [3.8, 4) is 11.3 Å². The molecule has 1 saturated heterocycles. The first-order valence-corrected chi connectivity index (χ1v) is 16.9. The summed E-state index contributed by atoms with van der Waals surface area (Å²) in [6, 6.07) is 15.4. The monoisotopic (exact) mass is 607 g/mol. The van der Waals surface area contributed by atoms with Crippen molar-refractivity contribution in [1.82, 2.24) is 14.2 Å². The molecule has 9 nitrogen and oxygen atoms in total. The minimum atomic E-state index is -3.73. The molecular formula is C33H41N3O6S. The van der Waals surface area contributed by atoms with Crippen molar-refractivity contribution in [2.24, 2.45) is 18.9 Å². The number of hydrogen-bond donors (Lipinski definition) is 1. The number of fused-ring (bicyclic) bond motifs is 1. The summed E-state index contributed by atoms with van der Waals surface area (Å²) in [5, 5.41) is 0.956. The number of benzene rings is 2. The Morgan fingerprint density at radius 3 is 2.44 bits per heavy atom. The van der Waals surface area contributed by atoms with E-state index in [2.05, 4.69) is 15.7 Å². The van der Waals surface area contributed by atoms with Crippen LogP contribution in [0.1, 0.15) is 50.5 Å². The van der Waals surface area contributed by atoms with Gasteiger partial charge in [0.05, 0.1) is 31.3 Å². The van der Waals surface area contributed by atoms with E-state index in [1.54, 1.807) is 12.1 Å².